The zero-order chi connectivity index (χ0) is 23.2. The molecule has 0 radical (unpaired) electrons. The van der Waals surface area contributed by atoms with Crippen LogP contribution in [0.15, 0.2) is 36.8 Å². The first-order valence-corrected chi connectivity index (χ1v) is 11.7. The number of nitrogens with zero attached hydrogens (tertiary/aromatic N) is 7. The molecule has 0 atom stereocenters. The second-order valence-corrected chi connectivity index (χ2v) is 9.83. The van der Waals surface area contributed by atoms with E-state index in [0.717, 1.165) is 37.5 Å². The first-order chi connectivity index (χ1) is 15.8. The maximum Gasteiger partial charge on any atom is 0.227 e. The van der Waals surface area contributed by atoms with Crippen LogP contribution in [-0.2, 0) is 10.3 Å². The summed E-state index contributed by atoms with van der Waals surface area (Å²) < 4.78 is 2.01. The second-order valence-electron chi connectivity index (χ2n) is 9.42. The van der Waals surface area contributed by atoms with Gasteiger partial charge in [0.15, 0.2) is 5.82 Å². The number of aromatic nitrogens is 4. The van der Waals surface area contributed by atoms with Crippen LogP contribution in [0, 0.1) is 5.92 Å². The summed E-state index contributed by atoms with van der Waals surface area (Å²) in [6.45, 7) is 8.90. The molecule has 3 aromatic heterocycles. The van der Waals surface area contributed by atoms with Crippen molar-refractivity contribution in [2.75, 3.05) is 56.1 Å². The molecule has 0 saturated carbocycles. The quantitative estimate of drug-likeness (QED) is 0.613. The molecule has 1 amide bonds. The highest BCUT2D eigenvalue weighted by Gasteiger charge is 2.38. The average Bonchev–Trinajstić information content (AvgIpc) is 3.19. The van der Waals surface area contributed by atoms with E-state index in [-0.39, 0.29) is 11.8 Å². The molecule has 2 saturated heterocycles. The van der Waals surface area contributed by atoms with Crippen LogP contribution in [0.1, 0.15) is 19.5 Å². The molecule has 2 aliphatic heterocycles. The van der Waals surface area contributed by atoms with Gasteiger partial charge < -0.3 is 24.4 Å². The number of amides is 1. The van der Waals surface area contributed by atoms with Gasteiger partial charge in [-0.25, -0.2) is 9.97 Å². The van der Waals surface area contributed by atoms with Crippen LogP contribution in [0.3, 0.4) is 0 Å². The van der Waals surface area contributed by atoms with Gasteiger partial charge in [0.2, 0.25) is 11.9 Å². The summed E-state index contributed by atoms with van der Waals surface area (Å²) in [6, 6.07) is 5.86. The van der Waals surface area contributed by atoms with Gasteiger partial charge in [0.05, 0.1) is 29.5 Å². The first-order valence-electron chi connectivity index (χ1n) is 11.3. The lowest BCUT2D eigenvalue weighted by molar-refractivity contribution is -0.127. The monoisotopic (exact) mass is 468 g/mol. The topological polar surface area (TPSA) is 81.9 Å². The summed E-state index contributed by atoms with van der Waals surface area (Å²) in [5.74, 6) is 1.29. The lowest BCUT2D eigenvalue weighted by Gasteiger charge is -2.41. The largest absolute Gasteiger partial charge is 0.353 e. The number of hydrogen-bond acceptors (Lipinski definition) is 7. The summed E-state index contributed by atoms with van der Waals surface area (Å²) >= 11 is 6.42. The molecular weight excluding hydrogens is 440 g/mol. The summed E-state index contributed by atoms with van der Waals surface area (Å²) in [6.07, 6.45) is 5.45. The molecule has 174 valence electrons. The number of hydrogen-bond donors (Lipinski definition) is 1. The van der Waals surface area contributed by atoms with Gasteiger partial charge in [-0.05, 0) is 33.0 Å². The Hall–Kier alpha value is -2.91. The molecule has 0 spiro atoms. The van der Waals surface area contributed by atoms with Crippen LogP contribution < -0.4 is 15.1 Å². The Kier molecular flexibility index (Phi) is 5.62. The predicted molar refractivity (Wildman–Crippen MR) is 129 cm³/mol. The predicted octanol–water partition coefficient (Wildman–Crippen LogP) is 2.02. The lowest BCUT2D eigenvalue weighted by atomic mass is 9.95. The number of rotatable bonds is 5. The molecule has 1 N–H and O–H groups in total. The van der Waals surface area contributed by atoms with Crippen molar-refractivity contribution in [1.82, 2.24) is 29.6 Å². The Balaban J connectivity index is 1.24. The number of piperazine rings is 1. The van der Waals surface area contributed by atoms with Gasteiger partial charge in [0.25, 0.3) is 0 Å². The minimum atomic E-state index is -0.556. The number of likely N-dealkylation sites (N-methyl/N-ethyl adjacent to an activating group) is 1. The smallest absolute Gasteiger partial charge is 0.227 e. The molecule has 0 aliphatic carbocycles. The fraction of sp³-hybridized carbons (Fsp3) is 0.478. The SMILES string of the molecule is CN1CCN(c2ncc(Cl)c(N3CC(C(=O)NC(C)(C)c4cnc5ccccn45)C3)n2)CC1. The van der Waals surface area contributed by atoms with Crippen molar-refractivity contribution >= 4 is 34.9 Å². The summed E-state index contributed by atoms with van der Waals surface area (Å²) in [7, 11) is 2.12. The molecule has 0 unspecified atom stereocenters. The number of fused-ring (bicyclic) bond motifs is 1. The van der Waals surface area contributed by atoms with Crippen LogP contribution in [0.2, 0.25) is 5.02 Å². The molecule has 2 aliphatic rings. The van der Waals surface area contributed by atoms with Crippen molar-refractivity contribution in [1.29, 1.82) is 0 Å². The van der Waals surface area contributed by atoms with Gasteiger partial charge in [-0.15, -0.1) is 0 Å². The van der Waals surface area contributed by atoms with Gasteiger partial charge in [-0.1, -0.05) is 17.7 Å². The third-order valence-corrected chi connectivity index (χ3v) is 6.81. The van der Waals surface area contributed by atoms with Gasteiger partial charge in [-0.2, -0.15) is 4.98 Å². The Morgan fingerprint density at radius 1 is 1.09 bits per heavy atom. The molecule has 2 fully saturated rings. The molecule has 0 bridgehead atoms. The van der Waals surface area contributed by atoms with Crippen molar-refractivity contribution in [2.45, 2.75) is 19.4 Å². The van der Waals surface area contributed by atoms with Crippen molar-refractivity contribution in [3.63, 3.8) is 0 Å². The van der Waals surface area contributed by atoms with Gasteiger partial charge in [-0.3, -0.25) is 4.79 Å². The normalized spacial score (nSPS) is 17.9. The standard InChI is InChI=1S/C23H29ClN8O/c1-23(2,18-13-25-19-6-4-5-7-32(18)19)28-21(33)16-14-31(15-16)20-17(24)12-26-22(27-20)30-10-8-29(3)9-11-30/h4-7,12-13,16H,8-11,14-15H2,1-3H3,(H,28,33). The van der Waals surface area contributed by atoms with Crippen LogP contribution in [0.4, 0.5) is 11.8 Å². The molecule has 5 heterocycles. The van der Waals surface area contributed by atoms with E-state index in [0.29, 0.717) is 29.9 Å². The molecule has 5 rings (SSSR count). The number of carbonyl (C=O) groups is 1. The fourth-order valence-electron chi connectivity index (χ4n) is 4.42. The van der Waals surface area contributed by atoms with E-state index in [1.165, 1.54) is 0 Å². The van der Waals surface area contributed by atoms with Crippen LogP contribution in [-0.4, -0.2) is 76.5 Å². The van der Waals surface area contributed by atoms with E-state index in [2.05, 4.69) is 37.0 Å². The molecule has 0 aromatic carbocycles. The third kappa shape index (κ3) is 4.22. The van der Waals surface area contributed by atoms with Crippen molar-refractivity contribution in [3.05, 3.63) is 47.5 Å². The summed E-state index contributed by atoms with van der Waals surface area (Å²) in [5.41, 5.74) is 1.25. The Morgan fingerprint density at radius 3 is 2.61 bits per heavy atom. The van der Waals surface area contributed by atoms with Crippen LogP contribution in [0.5, 0.6) is 0 Å². The van der Waals surface area contributed by atoms with Crippen molar-refractivity contribution < 1.29 is 4.79 Å². The number of halogens is 1. The second kappa shape index (κ2) is 8.46. The zero-order valence-electron chi connectivity index (χ0n) is 19.2. The summed E-state index contributed by atoms with van der Waals surface area (Å²) in [5, 5.41) is 3.71. The molecule has 10 heteroatoms. The van der Waals surface area contributed by atoms with Crippen molar-refractivity contribution in [3.8, 4) is 0 Å². The number of pyridine rings is 1. The Bertz CT molecular complexity index is 1160. The lowest BCUT2D eigenvalue weighted by Crippen LogP contribution is -2.57. The van der Waals surface area contributed by atoms with Gasteiger partial charge >= 0.3 is 0 Å². The fourth-order valence-corrected chi connectivity index (χ4v) is 4.63. The first kappa shape index (κ1) is 21.9. The third-order valence-electron chi connectivity index (χ3n) is 6.54. The van der Waals surface area contributed by atoms with E-state index < -0.39 is 5.54 Å². The highest BCUT2D eigenvalue weighted by molar-refractivity contribution is 6.32. The molecule has 33 heavy (non-hydrogen) atoms. The van der Waals surface area contributed by atoms with Gasteiger partial charge in [0, 0.05) is 45.5 Å². The van der Waals surface area contributed by atoms with E-state index in [9.17, 15) is 4.79 Å². The van der Waals surface area contributed by atoms with Crippen molar-refractivity contribution in [2.24, 2.45) is 5.92 Å². The zero-order valence-corrected chi connectivity index (χ0v) is 20.0. The Morgan fingerprint density at radius 2 is 1.85 bits per heavy atom. The minimum absolute atomic E-state index is 0.0200. The van der Waals surface area contributed by atoms with E-state index in [1.807, 2.05) is 48.8 Å². The minimum Gasteiger partial charge on any atom is -0.353 e. The van der Waals surface area contributed by atoms with Gasteiger partial charge in [0.1, 0.15) is 10.7 Å². The van der Waals surface area contributed by atoms with E-state index in [4.69, 9.17) is 16.6 Å². The number of anilines is 2. The molecule has 3 aromatic rings. The van der Waals surface area contributed by atoms with Crippen LogP contribution >= 0.6 is 11.6 Å². The summed E-state index contributed by atoms with van der Waals surface area (Å²) in [4.78, 5) is 33.2. The highest BCUT2D eigenvalue weighted by atomic mass is 35.5. The van der Waals surface area contributed by atoms with E-state index in [1.54, 1.807) is 6.20 Å². The number of imidazole rings is 1. The average molecular weight is 469 g/mol. The number of carbonyl (C=O) groups excluding carboxylic acids is 1. The highest BCUT2D eigenvalue weighted by Crippen LogP contribution is 2.31. The molecule has 9 nitrogen and oxygen atoms in total. The maximum atomic E-state index is 13.0. The number of nitrogens with one attached hydrogen (secondary N) is 1. The van der Waals surface area contributed by atoms with E-state index >= 15 is 0 Å². The molecular formula is C23H29ClN8O. The maximum absolute atomic E-state index is 13.0. The van der Waals surface area contributed by atoms with Crippen LogP contribution in [0.25, 0.3) is 5.65 Å². The Labute approximate surface area is 198 Å².